The molecule has 1 atom stereocenters. The molecule has 0 aromatic heterocycles. The van der Waals surface area contributed by atoms with Gasteiger partial charge in [0.25, 0.3) is 0 Å². The molecule has 19 heavy (non-hydrogen) atoms. The van der Waals surface area contributed by atoms with Crippen LogP contribution in [0.25, 0.3) is 0 Å². The Kier molecular flexibility index (Phi) is 6.31. The van der Waals surface area contributed by atoms with Crippen LogP contribution >= 0.6 is 0 Å². The van der Waals surface area contributed by atoms with E-state index in [2.05, 4.69) is 18.0 Å². The van der Waals surface area contributed by atoms with Crippen molar-refractivity contribution in [3.63, 3.8) is 0 Å². The van der Waals surface area contributed by atoms with Crippen molar-refractivity contribution in [1.82, 2.24) is 0 Å². The quantitative estimate of drug-likeness (QED) is 0.580. The molecule has 0 bridgehead atoms. The third-order valence-corrected chi connectivity index (χ3v) is 3.54. The molecule has 1 unspecified atom stereocenters. The van der Waals surface area contributed by atoms with E-state index >= 15 is 0 Å². The van der Waals surface area contributed by atoms with Gasteiger partial charge in [0, 0.05) is 0 Å². The van der Waals surface area contributed by atoms with Crippen LogP contribution in [0, 0.1) is 0 Å². The first-order valence-corrected chi connectivity index (χ1v) is 8.05. The van der Waals surface area contributed by atoms with E-state index in [-0.39, 0.29) is 5.75 Å². The van der Waals surface area contributed by atoms with Gasteiger partial charge in [0.15, 0.2) is 0 Å². The average molecular weight is 286 g/mol. The SMILES string of the molecule is CCCCCCC(C)c1ccc(OS(=O)(=O)O)cc1. The van der Waals surface area contributed by atoms with Gasteiger partial charge in [0.2, 0.25) is 0 Å². The van der Waals surface area contributed by atoms with Crippen molar-refractivity contribution in [2.75, 3.05) is 0 Å². The van der Waals surface area contributed by atoms with Crippen LogP contribution in [0.3, 0.4) is 0 Å². The van der Waals surface area contributed by atoms with Gasteiger partial charge in [-0.2, -0.15) is 8.42 Å². The van der Waals surface area contributed by atoms with Crippen LogP contribution in [0.1, 0.15) is 57.4 Å². The van der Waals surface area contributed by atoms with E-state index in [1.165, 1.54) is 25.7 Å². The van der Waals surface area contributed by atoms with Gasteiger partial charge in [-0.25, -0.2) is 0 Å². The van der Waals surface area contributed by atoms with E-state index in [0.29, 0.717) is 5.92 Å². The van der Waals surface area contributed by atoms with Crippen LogP contribution in [0.5, 0.6) is 5.75 Å². The van der Waals surface area contributed by atoms with Crippen molar-refractivity contribution >= 4 is 10.4 Å². The third kappa shape index (κ3) is 6.59. The molecule has 0 saturated carbocycles. The Balaban J connectivity index is 2.51. The average Bonchev–Trinajstić information content (AvgIpc) is 2.33. The first-order chi connectivity index (χ1) is 8.92. The molecule has 1 aromatic carbocycles. The van der Waals surface area contributed by atoms with E-state index in [9.17, 15) is 8.42 Å². The maximum absolute atomic E-state index is 10.6. The summed E-state index contributed by atoms with van der Waals surface area (Å²) in [5, 5.41) is 0. The predicted octanol–water partition coefficient (Wildman–Crippen LogP) is 3.94. The zero-order valence-corrected chi connectivity index (χ0v) is 12.3. The first kappa shape index (κ1) is 16.0. The molecule has 0 heterocycles. The summed E-state index contributed by atoms with van der Waals surface area (Å²) in [5.41, 5.74) is 1.15. The van der Waals surface area contributed by atoms with E-state index in [1.54, 1.807) is 12.1 Å². The highest BCUT2D eigenvalue weighted by Gasteiger charge is 2.09. The lowest BCUT2D eigenvalue weighted by molar-refractivity contribution is 0.386. The van der Waals surface area contributed by atoms with Crippen LogP contribution in [-0.2, 0) is 10.4 Å². The summed E-state index contributed by atoms with van der Waals surface area (Å²) in [5.74, 6) is 0.570. The van der Waals surface area contributed by atoms with Gasteiger partial charge in [-0.3, -0.25) is 4.55 Å². The van der Waals surface area contributed by atoms with Crippen LogP contribution in [-0.4, -0.2) is 13.0 Å². The van der Waals surface area contributed by atoms with Crippen molar-refractivity contribution in [2.45, 2.75) is 51.9 Å². The van der Waals surface area contributed by atoms with E-state index in [1.807, 2.05) is 12.1 Å². The van der Waals surface area contributed by atoms with Gasteiger partial charge in [0.1, 0.15) is 5.75 Å². The minimum Gasteiger partial charge on any atom is -0.362 e. The molecule has 0 saturated heterocycles. The van der Waals surface area contributed by atoms with Gasteiger partial charge in [0.05, 0.1) is 0 Å². The van der Waals surface area contributed by atoms with Crippen molar-refractivity contribution < 1.29 is 17.2 Å². The molecule has 0 fully saturated rings. The smallest absolute Gasteiger partial charge is 0.362 e. The maximum Gasteiger partial charge on any atom is 0.446 e. The molecule has 0 amide bonds. The number of benzene rings is 1. The zero-order chi connectivity index (χ0) is 14.3. The Bertz CT molecular complexity index is 465. The summed E-state index contributed by atoms with van der Waals surface area (Å²) in [6.07, 6.45) is 6.09. The van der Waals surface area contributed by atoms with Gasteiger partial charge < -0.3 is 4.18 Å². The van der Waals surface area contributed by atoms with Crippen LogP contribution in [0.2, 0.25) is 0 Å². The summed E-state index contributed by atoms with van der Waals surface area (Å²) < 4.78 is 34.1. The molecule has 0 radical (unpaired) electrons. The summed E-state index contributed by atoms with van der Waals surface area (Å²) in [4.78, 5) is 0. The van der Waals surface area contributed by atoms with Crippen LogP contribution in [0.15, 0.2) is 24.3 Å². The molecule has 108 valence electrons. The molecule has 1 rings (SSSR count). The van der Waals surface area contributed by atoms with E-state index in [4.69, 9.17) is 4.55 Å². The topological polar surface area (TPSA) is 63.6 Å². The number of unbranched alkanes of at least 4 members (excludes halogenated alkanes) is 3. The molecule has 0 aliphatic heterocycles. The molecule has 4 nitrogen and oxygen atoms in total. The second-order valence-corrected chi connectivity index (χ2v) is 5.85. The third-order valence-electron chi connectivity index (χ3n) is 3.14. The van der Waals surface area contributed by atoms with Crippen molar-refractivity contribution in [2.24, 2.45) is 0 Å². The minimum absolute atomic E-state index is 0.129. The largest absolute Gasteiger partial charge is 0.446 e. The molecule has 1 N–H and O–H groups in total. The Hall–Kier alpha value is -1.07. The van der Waals surface area contributed by atoms with Gasteiger partial charge in [-0.15, -0.1) is 0 Å². The fraction of sp³-hybridized carbons (Fsp3) is 0.571. The summed E-state index contributed by atoms with van der Waals surface area (Å²) in [6.45, 7) is 4.35. The molecule has 1 aromatic rings. The zero-order valence-electron chi connectivity index (χ0n) is 11.5. The molecular formula is C14H22O4S. The molecule has 0 aliphatic rings. The summed E-state index contributed by atoms with van der Waals surface area (Å²) >= 11 is 0. The van der Waals surface area contributed by atoms with Crippen molar-refractivity contribution in [3.8, 4) is 5.75 Å². The van der Waals surface area contributed by atoms with Crippen LogP contribution < -0.4 is 4.18 Å². The predicted molar refractivity (Wildman–Crippen MR) is 75.8 cm³/mol. The lowest BCUT2D eigenvalue weighted by Crippen LogP contribution is -2.06. The van der Waals surface area contributed by atoms with Crippen LogP contribution in [0.4, 0.5) is 0 Å². The first-order valence-electron chi connectivity index (χ1n) is 6.69. The highest BCUT2D eigenvalue weighted by atomic mass is 32.3. The van der Waals surface area contributed by atoms with Crippen molar-refractivity contribution in [3.05, 3.63) is 29.8 Å². The highest BCUT2D eigenvalue weighted by molar-refractivity contribution is 7.81. The lowest BCUT2D eigenvalue weighted by Gasteiger charge is -2.12. The Morgan fingerprint density at radius 1 is 1.16 bits per heavy atom. The highest BCUT2D eigenvalue weighted by Crippen LogP contribution is 2.24. The Morgan fingerprint density at radius 2 is 1.79 bits per heavy atom. The number of hydrogen-bond donors (Lipinski definition) is 1. The Labute approximate surface area is 115 Å². The molecule has 0 spiro atoms. The fourth-order valence-corrected chi connectivity index (χ4v) is 2.37. The van der Waals surface area contributed by atoms with Gasteiger partial charge >= 0.3 is 10.4 Å². The standard InChI is InChI=1S/C14H22O4S/c1-3-4-5-6-7-12(2)13-8-10-14(11-9-13)18-19(15,16)17/h8-12H,3-7H2,1-2H3,(H,15,16,17). The maximum atomic E-state index is 10.6. The number of hydrogen-bond acceptors (Lipinski definition) is 3. The normalized spacial score (nSPS) is 13.2. The van der Waals surface area contributed by atoms with Crippen molar-refractivity contribution in [1.29, 1.82) is 0 Å². The van der Waals surface area contributed by atoms with Gasteiger partial charge in [-0.05, 0) is 30.0 Å². The van der Waals surface area contributed by atoms with Gasteiger partial charge in [-0.1, -0.05) is 51.7 Å². The monoisotopic (exact) mass is 286 g/mol. The fourth-order valence-electron chi connectivity index (χ4n) is 2.02. The molecule has 5 heteroatoms. The second kappa shape index (κ2) is 7.50. The Morgan fingerprint density at radius 3 is 2.32 bits per heavy atom. The summed E-state index contributed by atoms with van der Waals surface area (Å²) in [7, 11) is -4.43. The minimum atomic E-state index is -4.43. The second-order valence-electron chi connectivity index (χ2n) is 4.83. The number of rotatable bonds is 8. The molecular weight excluding hydrogens is 264 g/mol. The lowest BCUT2D eigenvalue weighted by atomic mass is 9.95. The molecule has 0 aliphatic carbocycles. The van der Waals surface area contributed by atoms with E-state index in [0.717, 1.165) is 12.0 Å². The summed E-state index contributed by atoms with van der Waals surface area (Å²) in [6, 6.07) is 6.80. The van der Waals surface area contributed by atoms with E-state index < -0.39 is 10.4 Å².